The number of rotatable bonds is 9. The minimum absolute atomic E-state index is 0.242. The van der Waals surface area contributed by atoms with E-state index in [2.05, 4.69) is 10.2 Å². The lowest BCUT2D eigenvalue weighted by Gasteiger charge is -2.31. The van der Waals surface area contributed by atoms with Gasteiger partial charge in [0.15, 0.2) is 0 Å². The fraction of sp³-hybridized carbons (Fsp3) is 0.296. The SMILES string of the molecule is CCOc1cc(N2CCOCC2)c(OCC)cc1NC(=O)c1ccc(Oc2ccccc2)cc1. The van der Waals surface area contributed by atoms with Crippen molar-refractivity contribution < 1.29 is 23.7 Å². The normalized spacial score (nSPS) is 13.3. The molecule has 1 saturated heterocycles. The molecule has 0 spiro atoms. The van der Waals surface area contributed by atoms with Crippen molar-refractivity contribution in [1.82, 2.24) is 0 Å². The van der Waals surface area contributed by atoms with Gasteiger partial charge in [0.25, 0.3) is 5.91 Å². The van der Waals surface area contributed by atoms with Crippen molar-refractivity contribution in [1.29, 1.82) is 0 Å². The van der Waals surface area contributed by atoms with Crippen LogP contribution < -0.4 is 24.4 Å². The van der Waals surface area contributed by atoms with Crippen LogP contribution in [0.25, 0.3) is 0 Å². The molecule has 1 aliphatic heterocycles. The third-order valence-corrected chi connectivity index (χ3v) is 5.36. The smallest absolute Gasteiger partial charge is 0.255 e. The summed E-state index contributed by atoms with van der Waals surface area (Å²) in [6.45, 7) is 7.73. The van der Waals surface area contributed by atoms with Crippen LogP contribution >= 0.6 is 0 Å². The number of para-hydroxylation sites is 1. The van der Waals surface area contributed by atoms with E-state index < -0.39 is 0 Å². The molecule has 1 heterocycles. The third kappa shape index (κ3) is 5.80. The van der Waals surface area contributed by atoms with E-state index in [0.717, 1.165) is 24.5 Å². The number of morpholine rings is 1. The molecule has 4 rings (SSSR count). The van der Waals surface area contributed by atoms with Crippen LogP contribution in [0, 0.1) is 0 Å². The molecule has 3 aromatic rings. The summed E-state index contributed by atoms with van der Waals surface area (Å²) < 4.78 is 23.1. The van der Waals surface area contributed by atoms with Crippen molar-refractivity contribution >= 4 is 17.3 Å². The van der Waals surface area contributed by atoms with Crippen molar-refractivity contribution in [2.24, 2.45) is 0 Å². The van der Waals surface area contributed by atoms with Gasteiger partial charge in [-0.3, -0.25) is 4.79 Å². The van der Waals surface area contributed by atoms with Crippen LogP contribution in [0.1, 0.15) is 24.2 Å². The van der Waals surface area contributed by atoms with Crippen LogP contribution in [-0.4, -0.2) is 45.4 Å². The van der Waals surface area contributed by atoms with Gasteiger partial charge >= 0.3 is 0 Å². The van der Waals surface area contributed by atoms with E-state index in [4.69, 9.17) is 18.9 Å². The molecule has 178 valence electrons. The largest absolute Gasteiger partial charge is 0.492 e. The lowest BCUT2D eigenvalue weighted by molar-refractivity contribution is 0.102. The summed E-state index contributed by atoms with van der Waals surface area (Å²) in [6, 6.07) is 20.3. The molecule has 0 radical (unpaired) electrons. The second-order valence-electron chi connectivity index (χ2n) is 7.68. The molecule has 0 saturated carbocycles. The summed E-state index contributed by atoms with van der Waals surface area (Å²) in [7, 11) is 0. The molecule has 1 aliphatic rings. The number of nitrogens with one attached hydrogen (secondary N) is 1. The molecule has 7 nitrogen and oxygen atoms in total. The number of hydrogen-bond acceptors (Lipinski definition) is 6. The predicted octanol–water partition coefficient (Wildman–Crippen LogP) is 5.37. The number of amides is 1. The Morgan fingerprint density at radius 2 is 1.53 bits per heavy atom. The van der Waals surface area contributed by atoms with Crippen LogP contribution in [0.4, 0.5) is 11.4 Å². The van der Waals surface area contributed by atoms with Crippen LogP contribution in [-0.2, 0) is 4.74 Å². The number of nitrogens with zero attached hydrogens (tertiary/aromatic N) is 1. The quantitative estimate of drug-likeness (QED) is 0.461. The maximum absolute atomic E-state index is 13.0. The Labute approximate surface area is 200 Å². The van der Waals surface area contributed by atoms with Crippen LogP contribution in [0.3, 0.4) is 0 Å². The summed E-state index contributed by atoms with van der Waals surface area (Å²) in [5, 5.41) is 2.98. The van der Waals surface area contributed by atoms with E-state index in [9.17, 15) is 4.79 Å². The molecule has 3 aromatic carbocycles. The number of carbonyl (C=O) groups is 1. The summed E-state index contributed by atoms with van der Waals surface area (Å²) >= 11 is 0. The summed E-state index contributed by atoms with van der Waals surface area (Å²) in [5.74, 6) is 2.46. The van der Waals surface area contributed by atoms with Crippen molar-refractivity contribution in [2.45, 2.75) is 13.8 Å². The fourth-order valence-corrected chi connectivity index (χ4v) is 3.74. The highest BCUT2D eigenvalue weighted by molar-refractivity contribution is 6.05. The molecule has 0 aliphatic carbocycles. The first-order valence-corrected chi connectivity index (χ1v) is 11.6. The highest BCUT2D eigenvalue weighted by Gasteiger charge is 2.20. The van der Waals surface area contributed by atoms with Crippen molar-refractivity contribution in [3.8, 4) is 23.0 Å². The lowest BCUT2D eigenvalue weighted by atomic mass is 10.1. The first-order chi connectivity index (χ1) is 16.7. The molecule has 0 atom stereocenters. The van der Waals surface area contributed by atoms with E-state index >= 15 is 0 Å². The molecule has 1 amide bonds. The highest BCUT2D eigenvalue weighted by Crippen LogP contribution is 2.39. The van der Waals surface area contributed by atoms with E-state index in [1.807, 2.05) is 56.3 Å². The Morgan fingerprint density at radius 3 is 2.21 bits per heavy atom. The Kier molecular flexibility index (Phi) is 7.88. The fourth-order valence-electron chi connectivity index (χ4n) is 3.74. The minimum atomic E-state index is -0.242. The number of ether oxygens (including phenoxy) is 4. The zero-order valence-electron chi connectivity index (χ0n) is 19.6. The van der Waals surface area contributed by atoms with Gasteiger partial charge in [-0.2, -0.15) is 0 Å². The van der Waals surface area contributed by atoms with Gasteiger partial charge in [0.05, 0.1) is 37.8 Å². The Balaban J connectivity index is 1.54. The molecule has 1 N–H and O–H groups in total. The molecular weight excluding hydrogens is 432 g/mol. The van der Waals surface area contributed by atoms with Gasteiger partial charge in [0.1, 0.15) is 23.0 Å². The van der Waals surface area contributed by atoms with Gasteiger partial charge in [-0.1, -0.05) is 18.2 Å². The maximum Gasteiger partial charge on any atom is 0.255 e. The highest BCUT2D eigenvalue weighted by atomic mass is 16.5. The second-order valence-corrected chi connectivity index (χ2v) is 7.68. The average molecular weight is 463 g/mol. The molecule has 0 aromatic heterocycles. The van der Waals surface area contributed by atoms with Crippen molar-refractivity contribution in [3.63, 3.8) is 0 Å². The molecule has 0 unspecified atom stereocenters. The number of carbonyl (C=O) groups excluding carboxylic acids is 1. The van der Waals surface area contributed by atoms with Gasteiger partial charge in [0, 0.05) is 30.8 Å². The number of anilines is 2. The molecule has 1 fully saturated rings. The van der Waals surface area contributed by atoms with Gasteiger partial charge in [-0.05, 0) is 50.2 Å². The zero-order valence-corrected chi connectivity index (χ0v) is 19.6. The molecular formula is C27H30N2O5. The van der Waals surface area contributed by atoms with Crippen LogP contribution in [0.2, 0.25) is 0 Å². The molecule has 34 heavy (non-hydrogen) atoms. The predicted molar refractivity (Wildman–Crippen MR) is 133 cm³/mol. The Hall–Kier alpha value is -3.71. The second kappa shape index (κ2) is 11.4. The van der Waals surface area contributed by atoms with Gasteiger partial charge in [-0.25, -0.2) is 0 Å². The Bertz CT molecular complexity index is 1080. The van der Waals surface area contributed by atoms with Crippen molar-refractivity contribution in [2.75, 3.05) is 49.7 Å². The van der Waals surface area contributed by atoms with Gasteiger partial charge < -0.3 is 29.2 Å². The monoisotopic (exact) mass is 462 g/mol. The van der Waals surface area contributed by atoms with E-state index in [1.165, 1.54) is 0 Å². The summed E-state index contributed by atoms with van der Waals surface area (Å²) in [5.41, 5.74) is 2.02. The molecule has 0 bridgehead atoms. The average Bonchev–Trinajstić information content (AvgIpc) is 2.87. The topological polar surface area (TPSA) is 69.3 Å². The van der Waals surface area contributed by atoms with E-state index in [-0.39, 0.29) is 5.91 Å². The van der Waals surface area contributed by atoms with E-state index in [1.54, 1.807) is 24.3 Å². The van der Waals surface area contributed by atoms with Crippen LogP contribution in [0.15, 0.2) is 66.7 Å². The Morgan fingerprint density at radius 1 is 0.882 bits per heavy atom. The first-order valence-electron chi connectivity index (χ1n) is 11.6. The maximum atomic E-state index is 13.0. The van der Waals surface area contributed by atoms with E-state index in [0.29, 0.717) is 54.9 Å². The summed E-state index contributed by atoms with van der Waals surface area (Å²) in [4.78, 5) is 15.2. The third-order valence-electron chi connectivity index (χ3n) is 5.36. The molecule has 7 heteroatoms. The van der Waals surface area contributed by atoms with Gasteiger partial charge in [0.2, 0.25) is 0 Å². The number of hydrogen-bond donors (Lipinski definition) is 1. The van der Waals surface area contributed by atoms with Crippen LogP contribution in [0.5, 0.6) is 23.0 Å². The first kappa shape index (κ1) is 23.4. The lowest BCUT2D eigenvalue weighted by Crippen LogP contribution is -2.36. The van der Waals surface area contributed by atoms with Crippen molar-refractivity contribution in [3.05, 3.63) is 72.3 Å². The number of benzene rings is 3. The zero-order chi connectivity index (χ0) is 23.8. The standard InChI is InChI=1S/C27H30N2O5/c1-3-32-25-19-24(29-14-16-31-17-15-29)26(33-4-2)18-23(25)28-27(30)20-10-12-22(13-11-20)34-21-8-6-5-7-9-21/h5-13,18-19H,3-4,14-17H2,1-2H3,(H,28,30). The minimum Gasteiger partial charge on any atom is -0.492 e. The van der Waals surface area contributed by atoms with Gasteiger partial charge in [-0.15, -0.1) is 0 Å². The summed E-state index contributed by atoms with van der Waals surface area (Å²) in [6.07, 6.45) is 0.